The van der Waals surface area contributed by atoms with E-state index in [0.29, 0.717) is 0 Å². The van der Waals surface area contributed by atoms with Gasteiger partial charge in [0.15, 0.2) is 0 Å². The summed E-state index contributed by atoms with van der Waals surface area (Å²) in [4.78, 5) is 0. The summed E-state index contributed by atoms with van der Waals surface area (Å²) in [5.41, 5.74) is 3.17. The number of aliphatic hydroxyl groups is 1. The normalized spacial score (nSPS) is 11.8. The molecule has 0 aliphatic rings. The molecule has 2 rings (SSSR count). The van der Waals surface area contributed by atoms with Gasteiger partial charge in [-0.25, -0.2) is 0 Å². The van der Waals surface area contributed by atoms with Crippen LogP contribution < -0.4 is 5.38 Å². The van der Waals surface area contributed by atoms with Gasteiger partial charge >= 0.3 is 0 Å². The highest BCUT2D eigenvalue weighted by atomic mass is 28.3. The van der Waals surface area contributed by atoms with Gasteiger partial charge in [0.2, 0.25) is 0 Å². The summed E-state index contributed by atoms with van der Waals surface area (Å²) in [7, 11) is -1.57. The minimum absolute atomic E-state index is 0.0318. The van der Waals surface area contributed by atoms with Crippen LogP contribution in [0.15, 0.2) is 34.7 Å². The molecule has 1 heterocycles. The van der Waals surface area contributed by atoms with Gasteiger partial charge in [0.05, 0.1) is 12.0 Å². The smallest absolute Gasteiger partial charge is 0.124 e. The van der Waals surface area contributed by atoms with E-state index in [4.69, 9.17) is 4.42 Å². The average Bonchev–Trinajstić information content (AvgIpc) is 2.67. The predicted octanol–water partition coefficient (Wildman–Crippen LogP) is 3.29. The molecular formula is C15H20O2Si. The summed E-state index contributed by atoms with van der Waals surface area (Å²) >= 11 is 0. The molecule has 0 radical (unpaired) electrons. The van der Waals surface area contributed by atoms with Gasteiger partial charge in [0.1, 0.15) is 13.8 Å². The Morgan fingerprint density at radius 2 is 1.72 bits per heavy atom. The molecule has 0 fully saturated rings. The minimum Gasteiger partial charge on any atom is -0.470 e. The number of hydrogen-bond donors (Lipinski definition) is 1. The van der Waals surface area contributed by atoms with Crippen LogP contribution in [0.5, 0.6) is 0 Å². The lowest BCUT2D eigenvalue weighted by Gasteiger charge is -2.15. The van der Waals surface area contributed by atoms with Crippen LogP contribution in [-0.4, -0.2) is 13.2 Å². The van der Waals surface area contributed by atoms with E-state index >= 15 is 0 Å². The molecule has 0 atom stereocenters. The van der Waals surface area contributed by atoms with E-state index < -0.39 is 8.07 Å². The Kier molecular flexibility index (Phi) is 3.46. The highest BCUT2D eigenvalue weighted by Gasteiger charge is 2.29. The van der Waals surface area contributed by atoms with E-state index in [1.807, 2.05) is 25.1 Å². The van der Waals surface area contributed by atoms with Crippen molar-refractivity contribution < 1.29 is 9.52 Å². The number of hydrogen-bond acceptors (Lipinski definition) is 2. The summed E-state index contributed by atoms with van der Waals surface area (Å²) in [6.45, 7) is 8.75. The molecule has 1 N–H and O–H groups in total. The second kappa shape index (κ2) is 4.75. The van der Waals surface area contributed by atoms with E-state index in [1.54, 1.807) is 0 Å². The van der Waals surface area contributed by atoms with Crippen LogP contribution in [0.3, 0.4) is 0 Å². The Morgan fingerprint density at radius 3 is 2.22 bits per heavy atom. The van der Waals surface area contributed by atoms with Crippen molar-refractivity contribution in [2.75, 3.05) is 0 Å². The Labute approximate surface area is 109 Å². The molecule has 0 aliphatic heterocycles. The van der Waals surface area contributed by atoms with Crippen molar-refractivity contribution in [3.8, 4) is 11.1 Å². The van der Waals surface area contributed by atoms with Gasteiger partial charge in [0.25, 0.3) is 0 Å². The number of aryl methyl sites for hydroxylation is 1. The van der Waals surface area contributed by atoms with Gasteiger partial charge in [-0.15, -0.1) is 0 Å². The van der Waals surface area contributed by atoms with Gasteiger partial charge < -0.3 is 9.52 Å². The van der Waals surface area contributed by atoms with Crippen LogP contribution in [0.25, 0.3) is 11.1 Å². The molecule has 0 aliphatic carbocycles. The summed E-state index contributed by atoms with van der Waals surface area (Å²) in [6.07, 6.45) is 0. The third kappa shape index (κ3) is 2.28. The molecule has 0 saturated carbocycles. The first-order valence-electron chi connectivity index (χ1n) is 6.24. The first-order chi connectivity index (χ1) is 8.45. The van der Waals surface area contributed by atoms with Crippen LogP contribution in [0.1, 0.15) is 11.3 Å². The zero-order valence-electron chi connectivity index (χ0n) is 11.4. The van der Waals surface area contributed by atoms with Gasteiger partial charge in [-0.2, -0.15) is 0 Å². The SMILES string of the molecule is Cc1oc([Si](C)(C)C)c(-c2ccccc2)c1CO. The molecule has 96 valence electrons. The lowest BCUT2D eigenvalue weighted by molar-refractivity contribution is 0.279. The molecule has 2 nitrogen and oxygen atoms in total. The average molecular weight is 260 g/mol. The van der Waals surface area contributed by atoms with Crippen molar-refractivity contribution >= 4 is 13.5 Å². The third-order valence-corrected chi connectivity index (χ3v) is 4.83. The molecule has 3 heteroatoms. The molecule has 0 spiro atoms. The number of rotatable bonds is 3. The predicted molar refractivity (Wildman–Crippen MR) is 77.8 cm³/mol. The third-order valence-electron chi connectivity index (χ3n) is 3.11. The highest BCUT2D eigenvalue weighted by Crippen LogP contribution is 2.28. The lowest BCUT2D eigenvalue weighted by atomic mass is 10.0. The summed E-state index contributed by atoms with van der Waals surface area (Å²) in [5, 5.41) is 10.7. The molecule has 0 unspecified atom stereocenters. The summed E-state index contributed by atoms with van der Waals surface area (Å²) < 4.78 is 5.96. The molecule has 0 bridgehead atoms. The molecule has 1 aromatic heterocycles. The first-order valence-corrected chi connectivity index (χ1v) is 9.74. The van der Waals surface area contributed by atoms with Gasteiger partial charge in [-0.05, 0) is 12.5 Å². The molecule has 2 aromatic rings. The Balaban J connectivity index is 2.71. The summed E-state index contributed by atoms with van der Waals surface area (Å²) in [6, 6.07) is 10.2. The zero-order chi connectivity index (χ0) is 13.3. The lowest BCUT2D eigenvalue weighted by Crippen LogP contribution is -2.37. The Morgan fingerprint density at radius 1 is 1.11 bits per heavy atom. The molecule has 0 saturated heterocycles. The van der Waals surface area contributed by atoms with Crippen LogP contribution in [-0.2, 0) is 6.61 Å². The van der Waals surface area contributed by atoms with Crippen molar-refractivity contribution in [1.82, 2.24) is 0 Å². The maximum Gasteiger partial charge on any atom is 0.124 e. The summed E-state index contributed by atoms with van der Waals surface area (Å²) in [5.74, 6) is 0.841. The van der Waals surface area contributed by atoms with E-state index in [9.17, 15) is 5.11 Å². The quantitative estimate of drug-likeness (QED) is 0.859. The monoisotopic (exact) mass is 260 g/mol. The van der Waals surface area contributed by atoms with Gasteiger partial charge in [-0.1, -0.05) is 50.0 Å². The van der Waals surface area contributed by atoms with E-state index in [2.05, 4.69) is 31.8 Å². The van der Waals surface area contributed by atoms with Crippen molar-refractivity contribution in [3.05, 3.63) is 41.7 Å². The van der Waals surface area contributed by atoms with Gasteiger partial charge in [-0.3, -0.25) is 0 Å². The molecule has 0 amide bonds. The molecular weight excluding hydrogens is 240 g/mol. The van der Waals surface area contributed by atoms with E-state index in [0.717, 1.165) is 27.8 Å². The number of benzene rings is 1. The second-order valence-electron chi connectivity index (χ2n) is 5.62. The standard InChI is InChI=1S/C15H20O2Si/c1-11-13(10-16)14(12-8-6-5-7-9-12)15(17-11)18(2,3)4/h5-9,16H,10H2,1-4H3. The fourth-order valence-corrected chi connectivity index (χ4v) is 3.71. The second-order valence-corrected chi connectivity index (χ2v) is 10.6. The fourth-order valence-electron chi connectivity index (χ4n) is 2.21. The molecule has 18 heavy (non-hydrogen) atoms. The van der Waals surface area contributed by atoms with Crippen LogP contribution >= 0.6 is 0 Å². The first kappa shape index (κ1) is 13.1. The molecule has 1 aromatic carbocycles. The highest BCUT2D eigenvalue weighted by molar-refractivity contribution is 6.88. The minimum atomic E-state index is -1.57. The van der Waals surface area contributed by atoms with Gasteiger partial charge in [0, 0.05) is 11.1 Å². The number of aliphatic hydroxyl groups excluding tert-OH is 1. The Bertz CT molecular complexity index is 536. The van der Waals surface area contributed by atoms with Crippen LogP contribution in [0.2, 0.25) is 19.6 Å². The van der Waals surface area contributed by atoms with Crippen molar-refractivity contribution in [2.45, 2.75) is 33.2 Å². The Hall–Kier alpha value is -1.32. The van der Waals surface area contributed by atoms with Crippen molar-refractivity contribution in [2.24, 2.45) is 0 Å². The van der Waals surface area contributed by atoms with E-state index in [-0.39, 0.29) is 6.61 Å². The fraction of sp³-hybridized carbons (Fsp3) is 0.333. The maximum absolute atomic E-state index is 9.60. The van der Waals surface area contributed by atoms with Crippen molar-refractivity contribution in [3.63, 3.8) is 0 Å². The zero-order valence-corrected chi connectivity index (χ0v) is 12.4. The number of furan rings is 1. The topological polar surface area (TPSA) is 33.4 Å². The van der Waals surface area contributed by atoms with Crippen LogP contribution in [0.4, 0.5) is 0 Å². The van der Waals surface area contributed by atoms with Crippen LogP contribution in [0, 0.1) is 6.92 Å². The largest absolute Gasteiger partial charge is 0.470 e. The maximum atomic E-state index is 9.60. The van der Waals surface area contributed by atoms with E-state index in [1.165, 1.54) is 0 Å². The van der Waals surface area contributed by atoms with Crippen molar-refractivity contribution in [1.29, 1.82) is 0 Å².